The summed E-state index contributed by atoms with van der Waals surface area (Å²) >= 11 is 0. The zero-order valence-electron chi connectivity index (χ0n) is 13.4. The van der Waals surface area contributed by atoms with Crippen molar-refractivity contribution in [1.29, 1.82) is 0 Å². The van der Waals surface area contributed by atoms with Crippen molar-refractivity contribution in [2.24, 2.45) is 0 Å². The monoisotopic (exact) mass is 363 g/mol. The number of benzene rings is 2. The van der Waals surface area contributed by atoms with Gasteiger partial charge in [0.15, 0.2) is 0 Å². The first-order valence-electron chi connectivity index (χ1n) is 7.38. The minimum Gasteiger partial charge on any atom is -0.406 e. The molecule has 0 radical (unpaired) electrons. The molecule has 2 aromatic carbocycles. The van der Waals surface area contributed by atoms with Gasteiger partial charge in [-0.15, -0.1) is 13.2 Å². The lowest BCUT2D eigenvalue weighted by Gasteiger charge is -2.10. The van der Waals surface area contributed by atoms with Crippen LogP contribution in [0.3, 0.4) is 0 Å². The van der Waals surface area contributed by atoms with Crippen LogP contribution in [0.15, 0.2) is 53.1 Å². The van der Waals surface area contributed by atoms with Gasteiger partial charge in [-0.25, -0.2) is 0 Å². The third-order valence-corrected chi connectivity index (χ3v) is 3.26. The fraction of sp³-hybridized carbons (Fsp3) is 0.118. The maximum Gasteiger partial charge on any atom is 0.573 e. The van der Waals surface area contributed by atoms with Crippen LogP contribution in [0.5, 0.6) is 5.75 Å². The number of aryl methyl sites for hydroxylation is 1. The molecule has 26 heavy (non-hydrogen) atoms. The average Bonchev–Trinajstić information content (AvgIpc) is 3.02. The number of carbonyl (C=O) groups is 1. The molecule has 3 rings (SSSR count). The smallest absolute Gasteiger partial charge is 0.406 e. The van der Waals surface area contributed by atoms with Gasteiger partial charge in [-0.3, -0.25) is 4.79 Å². The van der Waals surface area contributed by atoms with E-state index in [4.69, 9.17) is 4.52 Å². The fourth-order valence-electron chi connectivity index (χ4n) is 2.16. The highest BCUT2D eigenvalue weighted by Crippen LogP contribution is 2.24. The maximum atomic E-state index is 12.3. The van der Waals surface area contributed by atoms with E-state index >= 15 is 0 Å². The molecule has 1 N–H and O–H groups in total. The second kappa shape index (κ2) is 6.87. The van der Waals surface area contributed by atoms with Crippen LogP contribution in [0.2, 0.25) is 0 Å². The molecule has 0 saturated carbocycles. The van der Waals surface area contributed by atoms with Gasteiger partial charge in [0.1, 0.15) is 5.75 Å². The summed E-state index contributed by atoms with van der Waals surface area (Å²) in [5, 5.41) is 6.38. The van der Waals surface area contributed by atoms with Crippen LogP contribution in [0.1, 0.15) is 16.2 Å². The number of alkyl halides is 3. The summed E-state index contributed by atoms with van der Waals surface area (Å²) in [5.74, 6) is -0.0525. The number of aromatic nitrogens is 2. The molecule has 1 amide bonds. The van der Waals surface area contributed by atoms with E-state index in [9.17, 15) is 18.0 Å². The van der Waals surface area contributed by atoms with Crippen LogP contribution in [-0.4, -0.2) is 22.4 Å². The van der Waals surface area contributed by atoms with Gasteiger partial charge in [0.2, 0.25) is 11.7 Å². The molecule has 6 nitrogen and oxygen atoms in total. The minimum absolute atomic E-state index is 0.324. The van der Waals surface area contributed by atoms with Gasteiger partial charge in [0, 0.05) is 23.7 Å². The topological polar surface area (TPSA) is 77.2 Å². The van der Waals surface area contributed by atoms with E-state index in [0.29, 0.717) is 28.5 Å². The second-order valence-corrected chi connectivity index (χ2v) is 5.24. The van der Waals surface area contributed by atoms with Crippen molar-refractivity contribution in [2.75, 3.05) is 5.32 Å². The normalized spacial score (nSPS) is 11.2. The van der Waals surface area contributed by atoms with E-state index in [1.165, 1.54) is 12.1 Å². The van der Waals surface area contributed by atoms with E-state index in [1.54, 1.807) is 31.2 Å². The molecule has 1 aromatic heterocycles. The Labute approximate surface area is 145 Å². The van der Waals surface area contributed by atoms with Crippen molar-refractivity contribution in [2.45, 2.75) is 13.3 Å². The Morgan fingerprint density at radius 1 is 1.15 bits per heavy atom. The van der Waals surface area contributed by atoms with Gasteiger partial charge >= 0.3 is 6.36 Å². The van der Waals surface area contributed by atoms with Crippen molar-refractivity contribution < 1.29 is 27.2 Å². The molecule has 0 aliphatic rings. The van der Waals surface area contributed by atoms with E-state index in [1.807, 2.05) is 0 Å². The third-order valence-electron chi connectivity index (χ3n) is 3.26. The van der Waals surface area contributed by atoms with Crippen LogP contribution in [-0.2, 0) is 0 Å². The summed E-state index contributed by atoms with van der Waals surface area (Å²) in [6.45, 7) is 1.65. The van der Waals surface area contributed by atoms with Gasteiger partial charge < -0.3 is 14.6 Å². The quantitative estimate of drug-likeness (QED) is 0.752. The fourth-order valence-corrected chi connectivity index (χ4v) is 2.16. The van der Waals surface area contributed by atoms with Crippen LogP contribution in [0, 0.1) is 6.92 Å². The maximum absolute atomic E-state index is 12.3. The summed E-state index contributed by atoms with van der Waals surface area (Å²) in [7, 11) is 0. The molecule has 0 fully saturated rings. The Morgan fingerprint density at radius 3 is 2.50 bits per heavy atom. The molecular formula is C17H12F3N3O3. The third kappa shape index (κ3) is 4.38. The second-order valence-electron chi connectivity index (χ2n) is 5.24. The van der Waals surface area contributed by atoms with E-state index in [0.717, 1.165) is 12.1 Å². The lowest BCUT2D eigenvalue weighted by molar-refractivity contribution is -0.274. The Balaban J connectivity index is 1.72. The molecule has 0 aliphatic carbocycles. The van der Waals surface area contributed by atoms with Crippen molar-refractivity contribution >= 4 is 11.6 Å². The first kappa shape index (κ1) is 17.5. The lowest BCUT2D eigenvalue weighted by atomic mass is 10.1. The lowest BCUT2D eigenvalue weighted by Crippen LogP contribution is -2.17. The summed E-state index contributed by atoms with van der Waals surface area (Å²) in [4.78, 5) is 16.4. The van der Waals surface area contributed by atoms with Gasteiger partial charge in [-0.05, 0) is 36.4 Å². The number of carbonyl (C=O) groups excluding carboxylic acids is 1. The molecule has 0 bridgehead atoms. The predicted octanol–water partition coefficient (Wildman–Crippen LogP) is 4.20. The highest BCUT2D eigenvalue weighted by atomic mass is 19.4. The molecule has 0 spiro atoms. The van der Waals surface area contributed by atoms with Gasteiger partial charge in [0.05, 0.1) is 0 Å². The van der Waals surface area contributed by atoms with Crippen molar-refractivity contribution in [3.05, 3.63) is 60.0 Å². The minimum atomic E-state index is -4.77. The molecule has 1 heterocycles. The van der Waals surface area contributed by atoms with Crippen LogP contribution in [0.4, 0.5) is 18.9 Å². The molecule has 0 atom stereocenters. The van der Waals surface area contributed by atoms with Crippen LogP contribution >= 0.6 is 0 Å². The standard InChI is InChI=1S/C17H12F3N3O3/c1-10-21-15(23-26-10)11-3-2-4-12(9-11)16(24)22-13-5-7-14(8-6-13)25-17(18,19)20/h2-9H,1H3,(H,22,24). The number of halogens is 3. The van der Waals surface area contributed by atoms with Gasteiger partial charge in [-0.2, -0.15) is 4.98 Å². The number of hydrogen-bond acceptors (Lipinski definition) is 5. The SMILES string of the molecule is Cc1nc(-c2cccc(C(=O)Nc3ccc(OC(F)(F)F)cc3)c2)no1. The molecule has 0 unspecified atom stereocenters. The zero-order chi connectivity index (χ0) is 18.7. The first-order valence-corrected chi connectivity index (χ1v) is 7.38. The number of ether oxygens (including phenoxy) is 1. The van der Waals surface area contributed by atoms with Crippen molar-refractivity contribution in [1.82, 2.24) is 10.1 Å². The number of anilines is 1. The Hall–Kier alpha value is -3.36. The molecule has 0 aliphatic heterocycles. The van der Waals surface area contributed by atoms with Crippen LogP contribution < -0.4 is 10.1 Å². The van der Waals surface area contributed by atoms with E-state index in [2.05, 4.69) is 20.2 Å². The summed E-state index contributed by atoms with van der Waals surface area (Å²) < 4.78 is 45.1. The summed E-state index contributed by atoms with van der Waals surface area (Å²) in [6, 6.07) is 11.4. The number of amides is 1. The van der Waals surface area contributed by atoms with Gasteiger partial charge in [0.25, 0.3) is 5.91 Å². The van der Waals surface area contributed by atoms with Crippen molar-refractivity contribution in [3.8, 4) is 17.1 Å². The number of nitrogens with one attached hydrogen (secondary N) is 1. The molecule has 3 aromatic rings. The first-order chi connectivity index (χ1) is 12.3. The Kier molecular flexibility index (Phi) is 4.61. The summed E-state index contributed by atoms with van der Waals surface area (Å²) in [5.41, 5.74) is 1.26. The van der Waals surface area contributed by atoms with Crippen molar-refractivity contribution in [3.63, 3.8) is 0 Å². The molecule has 9 heteroatoms. The molecule has 0 saturated heterocycles. The Morgan fingerprint density at radius 2 is 1.88 bits per heavy atom. The predicted molar refractivity (Wildman–Crippen MR) is 85.5 cm³/mol. The van der Waals surface area contributed by atoms with E-state index < -0.39 is 12.3 Å². The number of hydrogen-bond donors (Lipinski definition) is 1. The largest absolute Gasteiger partial charge is 0.573 e. The van der Waals surface area contributed by atoms with E-state index in [-0.39, 0.29) is 5.75 Å². The van der Waals surface area contributed by atoms with Gasteiger partial charge in [-0.1, -0.05) is 17.3 Å². The highest BCUT2D eigenvalue weighted by Gasteiger charge is 2.30. The zero-order valence-corrected chi connectivity index (χ0v) is 13.4. The number of rotatable bonds is 4. The Bertz CT molecular complexity index is 921. The molecule has 134 valence electrons. The summed E-state index contributed by atoms with van der Waals surface area (Å²) in [6.07, 6.45) is -4.77. The molecular weight excluding hydrogens is 351 g/mol. The average molecular weight is 363 g/mol. The van der Waals surface area contributed by atoms with Crippen LogP contribution in [0.25, 0.3) is 11.4 Å². The highest BCUT2D eigenvalue weighted by molar-refractivity contribution is 6.04. The number of nitrogens with zero attached hydrogens (tertiary/aromatic N) is 2.